The van der Waals surface area contributed by atoms with Gasteiger partial charge in [-0.1, -0.05) is 19.9 Å². The van der Waals surface area contributed by atoms with E-state index in [1.54, 1.807) is 6.07 Å². The quantitative estimate of drug-likeness (QED) is 0.845. The Morgan fingerprint density at radius 2 is 2.11 bits per heavy atom. The van der Waals surface area contributed by atoms with Crippen LogP contribution in [-0.4, -0.2) is 19.4 Å². The molecule has 0 bridgehead atoms. The van der Waals surface area contributed by atoms with E-state index in [9.17, 15) is 9.18 Å². The Morgan fingerprint density at radius 1 is 1.44 bits per heavy atom. The van der Waals surface area contributed by atoms with Crippen LogP contribution in [0.2, 0.25) is 0 Å². The molecule has 1 atom stereocenters. The van der Waals surface area contributed by atoms with Crippen molar-refractivity contribution in [3.8, 4) is 5.75 Å². The molecule has 0 radical (unpaired) electrons. The molecule has 0 amide bonds. The normalized spacial score (nSPS) is 12.6. The summed E-state index contributed by atoms with van der Waals surface area (Å²) >= 11 is 0. The number of hydrogen-bond donors (Lipinski definition) is 1. The molecule has 2 N–H and O–H groups in total. The molecule has 4 heteroatoms. The summed E-state index contributed by atoms with van der Waals surface area (Å²) in [5.41, 5.74) is 6.24. The smallest absolute Gasteiger partial charge is 0.165 e. The van der Waals surface area contributed by atoms with Crippen LogP contribution in [-0.2, 0) is 11.2 Å². The highest BCUT2D eigenvalue weighted by molar-refractivity contribution is 5.83. The van der Waals surface area contributed by atoms with Gasteiger partial charge in [-0.05, 0) is 23.6 Å². The number of Topliss-reactive ketones (excluding diaryl/α,β-unsaturated/α-hetero) is 1. The Bertz CT molecular complexity index is 418. The molecule has 0 heterocycles. The van der Waals surface area contributed by atoms with Gasteiger partial charge in [0.25, 0.3) is 0 Å². The minimum Gasteiger partial charge on any atom is -0.494 e. The Labute approximate surface area is 107 Å². The standard InChI is InChI=1S/C14H20FNO2/c1-9(2)11(8-16)13(17)7-10-4-5-14(18-3)12(15)6-10/h4-6,9,11H,7-8,16H2,1-3H3. The zero-order valence-electron chi connectivity index (χ0n) is 11.1. The highest BCUT2D eigenvalue weighted by atomic mass is 19.1. The molecular formula is C14H20FNO2. The fourth-order valence-electron chi connectivity index (χ4n) is 1.93. The number of benzene rings is 1. The summed E-state index contributed by atoms with van der Waals surface area (Å²) in [5, 5.41) is 0. The van der Waals surface area contributed by atoms with E-state index in [0.717, 1.165) is 0 Å². The Balaban J connectivity index is 2.78. The Hall–Kier alpha value is -1.42. The first kappa shape index (κ1) is 14.6. The van der Waals surface area contributed by atoms with Gasteiger partial charge in [0.1, 0.15) is 5.78 Å². The first-order valence-electron chi connectivity index (χ1n) is 6.04. The van der Waals surface area contributed by atoms with Crippen molar-refractivity contribution >= 4 is 5.78 Å². The number of carbonyl (C=O) groups excluding carboxylic acids is 1. The molecule has 3 nitrogen and oxygen atoms in total. The van der Waals surface area contributed by atoms with Crippen molar-refractivity contribution in [2.45, 2.75) is 20.3 Å². The lowest BCUT2D eigenvalue weighted by atomic mass is 9.88. The van der Waals surface area contributed by atoms with Crippen molar-refractivity contribution < 1.29 is 13.9 Å². The van der Waals surface area contributed by atoms with Crippen LogP contribution in [0, 0.1) is 17.7 Å². The fraction of sp³-hybridized carbons (Fsp3) is 0.500. The average molecular weight is 253 g/mol. The summed E-state index contributed by atoms with van der Waals surface area (Å²) in [7, 11) is 1.41. The van der Waals surface area contributed by atoms with Gasteiger partial charge in [-0.25, -0.2) is 4.39 Å². The van der Waals surface area contributed by atoms with Gasteiger partial charge in [-0.2, -0.15) is 0 Å². The first-order chi connectivity index (χ1) is 8.49. The zero-order chi connectivity index (χ0) is 13.7. The second-order valence-corrected chi connectivity index (χ2v) is 4.70. The highest BCUT2D eigenvalue weighted by Crippen LogP contribution is 2.20. The van der Waals surface area contributed by atoms with Crippen molar-refractivity contribution in [1.82, 2.24) is 0 Å². The van der Waals surface area contributed by atoms with Crippen LogP contribution >= 0.6 is 0 Å². The van der Waals surface area contributed by atoms with E-state index >= 15 is 0 Å². The minimum absolute atomic E-state index is 0.0528. The molecule has 0 saturated heterocycles. The second kappa shape index (κ2) is 6.50. The number of rotatable bonds is 6. The van der Waals surface area contributed by atoms with Crippen molar-refractivity contribution in [3.63, 3.8) is 0 Å². The van der Waals surface area contributed by atoms with E-state index in [1.165, 1.54) is 19.2 Å². The molecule has 1 aromatic rings. The summed E-state index contributed by atoms with van der Waals surface area (Å²) in [5.74, 6) is -0.181. The third kappa shape index (κ3) is 3.53. The SMILES string of the molecule is COc1ccc(CC(=O)C(CN)C(C)C)cc1F. The van der Waals surface area contributed by atoms with Crippen molar-refractivity contribution in [1.29, 1.82) is 0 Å². The van der Waals surface area contributed by atoms with Gasteiger partial charge in [0.2, 0.25) is 0 Å². The van der Waals surface area contributed by atoms with Gasteiger partial charge in [0, 0.05) is 18.9 Å². The van der Waals surface area contributed by atoms with E-state index < -0.39 is 5.82 Å². The molecule has 1 aromatic carbocycles. The molecule has 1 unspecified atom stereocenters. The molecule has 18 heavy (non-hydrogen) atoms. The van der Waals surface area contributed by atoms with Crippen molar-refractivity contribution in [2.75, 3.05) is 13.7 Å². The van der Waals surface area contributed by atoms with Gasteiger partial charge in [-0.15, -0.1) is 0 Å². The van der Waals surface area contributed by atoms with Crippen LogP contribution in [0.4, 0.5) is 4.39 Å². The number of ether oxygens (including phenoxy) is 1. The lowest BCUT2D eigenvalue weighted by Gasteiger charge is -2.17. The van der Waals surface area contributed by atoms with Crippen LogP contribution in [0.1, 0.15) is 19.4 Å². The first-order valence-corrected chi connectivity index (χ1v) is 6.04. The Kier molecular flexibility index (Phi) is 5.28. The molecule has 0 spiro atoms. The largest absolute Gasteiger partial charge is 0.494 e. The summed E-state index contributed by atoms with van der Waals surface area (Å²) in [4.78, 5) is 12.0. The molecule has 0 saturated carbocycles. The third-order valence-corrected chi connectivity index (χ3v) is 3.07. The maximum absolute atomic E-state index is 13.5. The second-order valence-electron chi connectivity index (χ2n) is 4.70. The van der Waals surface area contributed by atoms with Crippen LogP contribution in [0.25, 0.3) is 0 Å². The molecule has 0 aliphatic heterocycles. The molecular weight excluding hydrogens is 233 g/mol. The van der Waals surface area contributed by atoms with Crippen molar-refractivity contribution in [2.24, 2.45) is 17.6 Å². The van der Waals surface area contributed by atoms with E-state index in [4.69, 9.17) is 10.5 Å². The summed E-state index contributed by atoms with van der Waals surface area (Å²) in [6.07, 6.45) is 0.209. The average Bonchev–Trinajstić information content (AvgIpc) is 2.29. The molecule has 0 fully saturated rings. The third-order valence-electron chi connectivity index (χ3n) is 3.07. The Morgan fingerprint density at radius 3 is 2.56 bits per heavy atom. The molecule has 0 aromatic heterocycles. The van der Waals surface area contributed by atoms with E-state index in [0.29, 0.717) is 12.1 Å². The van der Waals surface area contributed by atoms with Crippen molar-refractivity contribution in [3.05, 3.63) is 29.6 Å². The lowest BCUT2D eigenvalue weighted by molar-refractivity contribution is -0.123. The number of halogens is 1. The van der Waals surface area contributed by atoms with Gasteiger partial charge in [-0.3, -0.25) is 4.79 Å². The van der Waals surface area contributed by atoms with Crippen LogP contribution in [0.3, 0.4) is 0 Å². The summed E-state index contributed by atoms with van der Waals surface area (Å²) < 4.78 is 18.3. The van der Waals surface area contributed by atoms with E-state index in [2.05, 4.69) is 0 Å². The number of nitrogens with two attached hydrogens (primary N) is 1. The summed E-state index contributed by atoms with van der Waals surface area (Å²) in [6, 6.07) is 4.57. The molecule has 0 aliphatic carbocycles. The minimum atomic E-state index is -0.448. The van der Waals surface area contributed by atoms with Gasteiger partial charge < -0.3 is 10.5 Å². The predicted octanol–water partition coefficient (Wildman–Crippen LogP) is 2.18. The van der Waals surface area contributed by atoms with Crippen LogP contribution < -0.4 is 10.5 Å². The lowest BCUT2D eigenvalue weighted by Crippen LogP contribution is -2.29. The van der Waals surface area contributed by atoms with E-state index in [1.807, 2.05) is 13.8 Å². The van der Waals surface area contributed by atoms with Crippen LogP contribution in [0.5, 0.6) is 5.75 Å². The maximum Gasteiger partial charge on any atom is 0.165 e. The fourth-order valence-corrected chi connectivity index (χ4v) is 1.93. The number of hydrogen-bond acceptors (Lipinski definition) is 3. The zero-order valence-corrected chi connectivity index (χ0v) is 11.1. The summed E-state index contributed by atoms with van der Waals surface area (Å²) in [6.45, 7) is 4.25. The number of methoxy groups -OCH3 is 1. The number of ketones is 1. The van der Waals surface area contributed by atoms with Gasteiger partial charge in [0.05, 0.1) is 7.11 Å². The number of carbonyl (C=O) groups is 1. The monoisotopic (exact) mass is 253 g/mol. The highest BCUT2D eigenvalue weighted by Gasteiger charge is 2.20. The topological polar surface area (TPSA) is 52.3 Å². The molecule has 0 aliphatic rings. The molecule has 100 valence electrons. The van der Waals surface area contributed by atoms with E-state index in [-0.39, 0.29) is 29.8 Å². The van der Waals surface area contributed by atoms with Gasteiger partial charge >= 0.3 is 0 Å². The van der Waals surface area contributed by atoms with Crippen LogP contribution in [0.15, 0.2) is 18.2 Å². The maximum atomic E-state index is 13.5. The molecule has 1 rings (SSSR count). The van der Waals surface area contributed by atoms with Gasteiger partial charge in [0.15, 0.2) is 11.6 Å². The predicted molar refractivity (Wildman–Crippen MR) is 69.0 cm³/mol.